The molecule has 0 radical (unpaired) electrons. The van der Waals surface area contributed by atoms with Crippen LogP contribution >= 0.6 is 0 Å². The number of rotatable bonds is 56. The van der Waals surface area contributed by atoms with Crippen LogP contribution in [0.15, 0.2) is 24.3 Å². The summed E-state index contributed by atoms with van der Waals surface area (Å²) in [5.41, 5.74) is 0. The molecule has 6 nitrogen and oxygen atoms in total. The van der Waals surface area contributed by atoms with E-state index in [4.69, 9.17) is 4.74 Å². The summed E-state index contributed by atoms with van der Waals surface area (Å²) in [6.45, 7) is 4.91. The maximum absolute atomic E-state index is 12.5. The van der Waals surface area contributed by atoms with Gasteiger partial charge >= 0.3 is 5.97 Å². The van der Waals surface area contributed by atoms with Crippen LogP contribution in [0, 0.1) is 0 Å². The number of nitrogens with one attached hydrogen (secondary N) is 1. The van der Waals surface area contributed by atoms with E-state index in [0.29, 0.717) is 25.9 Å². The Bertz CT molecular complexity index is 1040. The lowest BCUT2D eigenvalue weighted by molar-refractivity contribution is -0.143. The van der Waals surface area contributed by atoms with Gasteiger partial charge in [0.25, 0.3) is 0 Å². The quantitative estimate of drug-likeness (QED) is 0.0321. The van der Waals surface area contributed by atoms with Crippen molar-refractivity contribution in [2.24, 2.45) is 0 Å². The highest BCUT2D eigenvalue weighted by Crippen LogP contribution is 2.17. The summed E-state index contributed by atoms with van der Waals surface area (Å²) >= 11 is 0. The highest BCUT2D eigenvalue weighted by Gasteiger charge is 2.20. The standard InChI is InChI=1S/C61H117NO5/c1-3-5-7-9-11-13-15-17-19-21-22-23-24-25-26-27-29-33-37-41-45-49-53-59(64)58(57-63)62-60(65)54-50-46-42-38-34-31-32-36-40-44-48-52-56-67-61(66)55-51-47-43-39-35-30-28-20-18-16-14-12-10-8-6-4-2/h20,28,32,36,58-59,63-64H,3-19,21-27,29-31,33-35,37-57H2,1-2H3,(H,62,65)/b28-20-,36-32-. The summed E-state index contributed by atoms with van der Waals surface area (Å²) < 4.78 is 5.45. The normalized spacial score (nSPS) is 12.7. The molecule has 0 saturated carbocycles. The van der Waals surface area contributed by atoms with Crippen LogP contribution in [0.4, 0.5) is 0 Å². The van der Waals surface area contributed by atoms with Gasteiger partial charge in [0, 0.05) is 12.8 Å². The second-order valence-electron chi connectivity index (χ2n) is 20.7. The molecule has 3 N–H and O–H groups in total. The Labute approximate surface area is 418 Å². The molecule has 0 aliphatic carbocycles. The van der Waals surface area contributed by atoms with E-state index < -0.39 is 12.1 Å². The number of amides is 1. The Balaban J connectivity index is 3.49. The molecular formula is C61H117NO5. The summed E-state index contributed by atoms with van der Waals surface area (Å²) in [7, 11) is 0. The maximum Gasteiger partial charge on any atom is 0.305 e. The van der Waals surface area contributed by atoms with Gasteiger partial charge in [0.15, 0.2) is 0 Å². The van der Waals surface area contributed by atoms with Crippen molar-refractivity contribution in [3.8, 4) is 0 Å². The average molecular weight is 945 g/mol. The molecular weight excluding hydrogens is 827 g/mol. The fourth-order valence-corrected chi connectivity index (χ4v) is 9.34. The number of esters is 1. The molecule has 0 spiro atoms. The van der Waals surface area contributed by atoms with E-state index in [2.05, 4.69) is 43.5 Å². The molecule has 0 rings (SSSR count). The van der Waals surface area contributed by atoms with E-state index in [9.17, 15) is 19.8 Å². The van der Waals surface area contributed by atoms with Crippen molar-refractivity contribution in [1.29, 1.82) is 0 Å². The molecule has 1 amide bonds. The number of unbranched alkanes of at least 4 members (excludes halogenated alkanes) is 41. The predicted molar refractivity (Wildman–Crippen MR) is 292 cm³/mol. The van der Waals surface area contributed by atoms with E-state index in [1.54, 1.807) is 0 Å². The van der Waals surface area contributed by atoms with Crippen LogP contribution in [0.25, 0.3) is 0 Å². The lowest BCUT2D eigenvalue weighted by Crippen LogP contribution is -2.45. The van der Waals surface area contributed by atoms with Crippen molar-refractivity contribution < 1.29 is 24.5 Å². The second kappa shape index (κ2) is 56.9. The minimum absolute atomic E-state index is 0.0293. The van der Waals surface area contributed by atoms with Crippen LogP contribution in [-0.4, -0.2) is 47.4 Å². The molecule has 0 aromatic rings. The molecule has 0 aliphatic heterocycles. The summed E-state index contributed by atoms with van der Waals surface area (Å²) in [6.07, 6.45) is 68.9. The van der Waals surface area contributed by atoms with Crippen molar-refractivity contribution in [1.82, 2.24) is 5.32 Å². The summed E-state index contributed by atoms with van der Waals surface area (Å²) in [5.74, 6) is -0.0874. The molecule has 0 bridgehead atoms. The lowest BCUT2D eigenvalue weighted by Gasteiger charge is -2.22. The van der Waals surface area contributed by atoms with Gasteiger partial charge < -0.3 is 20.3 Å². The smallest absolute Gasteiger partial charge is 0.305 e. The summed E-state index contributed by atoms with van der Waals surface area (Å²) in [4.78, 5) is 24.6. The van der Waals surface area contributed by atoms with Crippen molar-refractivity contribution in [3.05, 3.63) is 24.3 Å². The van der Waals surface area contributed by atoms with Gasteiger partial charge in [-0.3, -0.25) is 9.59 Å². The number of aliphatic hydroxyl groups is 2. The molecule has 0 saturated heterocycles. The third-order valence-electron chi connectivity index (χ3n) is 14.0. The van der Waals surface area contributed by atoms with Crippen molar-refractivity contribution in [2.75, 3.05) is 13.2 Å². The number of allylic oxidation sites excluding steroid dienone is 4. The molecule has 0 heterocycles. The Morgan fingerprint density at radius 1 is 0.403 bits per heavy atom. The zero-order valence-electron chi connectivity index (χ0n) is 45.1. The molecule has 67 heavy (non-hydrogen) atoms. The zero-order chi connectivity index (χ0) is 48.6. The first-order valence-corrected chi connectivity index (χ1v) is 30.1. The number of hydrogen-bond donors (Lipinski definition) is 3. The van der Waals surface area contributed by atoms with E-state index in [1.807, 2.05) is 0 Å². The first kappa shape index (κ1) is 65.3. The van der Waals surface area contributed by atoms with Gasteiger partial charge in [-0.2, -0.15) is 0 Å². The monoisotopic (exact) mass is 944 g/mol. The van der Waals surface area contributed by atoms with Gasteiger partial charge in [-0.15, -0.1) is 0 Å². The number of ether oxygens (including phenoxy) is 1. The summed E-state index contributed by atoms with van der Waals surface area (Å²) in [5, 5.41) is 23.3. The van der Waals surface area contributed by atoms with Crippen LogP contribution in [0.5, 0.6) is 0 Å². The fourth-order valence-electron chi connectivity index (χ4n) is 9.34. The maximum atomic E-state index is 12.5. The van der Waals surface area contributed by atoms with Gasteiger partial charge in [-0.1, -0.05) is 256 Å². The molecule has 0 fully saturated rings. The summed E-state index contributed by atoms with van der Waals surface area (Å²) in [6, 6.07) is -0.561. The molecule has 0 aromatic heterocycles. The highest BCUT2D eigenvalue weighted by atomic mass is 16.5. The molecule has 2 unspecified atom stereocenters. The third-order valence-corrected chi connectivity index (χ3v) is 14.0. The van der Waals surface area contributed by atoms with Crippen molar-refractivity contribution in [2.45, 2.75) is 341 Å². The van der Waals surface area contributed by atoms with Crippen LogP contribution in [-0.2, 0) is 14.3 Å². The topological polar surface area (TPSA) is 95.9 Å². The average Bonchev–Trinajstić information content (AvgIpc) is 3.33. The molecule has 0 aliphatic rings. The van der Waals surface area contributed by atoms with E-state index in [0.717, 1.165) is 77.0 Å². The van der Waals surface area contributed by atoms with Gasteiger partial charge in [0.05, 0.1) is 25.4 Å². The molecule has 0 aromatic carbocycles. The van der Waals surface area contributed by atoms with E-state index in [1.165, 1.54) is 218 Å². The first-order chi connectivity index (χ1) is 33.0. The number of carbonyl (C=O) groups excluding carboxylic acids is 2. The number of hydrogen-bond acceptors (Lipinski definition) is 5. The Kier molecular flexibility index (Phi) is 55.5. The van der Waals surface area contributed by atoms with Crippen LogP contribution in [0.1, 0.15) is 328 Å². The van der Waals surface area contributed by atoms with Gasteiger partial charge in [0.2, 0.25) is 5.91 Å². The third kappa shape index (κ3) is 53.5. The molecule has 2 atom stereocenters. The Hall–Kier alpha value is -1.66. The first-order valence-electron chi connectivity index (χ1n) is 30.1. The van der Waals surface area contributed by atoms with Gasteiger partial charge in [0.1, 0.15) is 0 Å². The molecule has 6 heteroatoms. The van der Waals surface area contributed by atoms with E-state index in [-0.39, 0.29) is 18.5 Å². The highest BCUT2D eigenvalue weighted by molar-refractivity contribution is 5.76. The fraction of sp³-hybridized carbons (Fsp3) is 0.902. The SMILES string of the molecule is CCCCCCCCC/C=C\CCCCCCCC(=O)OCCCCC/C=C\CCCCCCCC(=O)NC(CO)C(O)CCCCCCCCCCCCCCCCCCCCCCCC. The lowest BCUT2D eigenvalue weighted by atomic mass is 10.0. The second-order valence-corrected chi connectivity index (χ2v) is 20.7. The minimum atomic E-state index is -0.682. The van der Waals surface area contributed by atoms with Crippen LogP contribution in [0.3, 0.4) is 0 Å². The van der Waals surface area contributed by atoms with Crippen molar-refractivity contribution >= 4 is 11.9 Å². The number of carbonyl (C=O) groups is 2. The number of aliphatic hydroxyl groups excluding tert-OH is 2. The predicted octanol–water partition coefficient (Wildman–Crippen LogP) is 18.6. The van der Waals surface area contributed by atoms with Gasteiger partial charge in [-0.05, 0) is 83.5 Å². The zero-order valence-corrected chi connectivity index (χ0v) is 45.1. The largest absolute Gasteiger partial charge is 0.466 e. The van der Waals surface area contributed by atoms with Gasteiger partial charge in [-0.25, -0.2) is 0 Å². The Morgan fingerprint density at radius 3 is 1.06 bits per heavy atom. The van der Waals surface area contributed by atoms with Crippen LogP contribution < -0.4 is 5.32 Å². The molecule has 396 valence electrons. The van der Waals surface area contributed by atoms with E-state index >= 15 is 0 Å². The van der Waals surface area contributed by atoms with Crippen LogP contribution in [0.2, 0.25) is 0 Å². The van der Waals surface area contributed by atoms with Crippen molar-refractivity contribution in [3.63, 3.8) is 0 Å². The minimum Gasteiger partial charge on any atom is -0.466 e. The Morgan fingerprint density at radius 2 is 0.701 bits per heavy atom.